The standard InChI is InChI=1S/C15H23BrN2O/c1-5-11-9-17-15(2,3)10-18(11)14-8-12(19-4)6-7-13(14)16/h6-8,11,17H,5,9-10H2,1-4H3. The molecule has 1 aromatic rings. The van der Waals surface area contributed by atoms with Gasteiger partial charge in [-0.1, -0.05) is 6.92 Å². The van der Waals surface area contributed by atoms with E-state index in [0.29, 0.717) is 6.04 Å². The lowest BCUT2D eigenvalue weighted by Gasteiger charge is -2.46. The molecule has 2 rings (SSSR count). The summed E-state index contributed by atoms with van der Waals surface area (Å²) in [6.45, 7) is 8.76. The van der Waals surface area contributed by atoms with Crippen LogP contribution in [0.5, 0.6) is 5.75 Å². The first-order valence-corrected chi connectivity index (χ1v) is 7.61. The molecular formula is C15H23BrN2O. The predicted octanol–water partition coefficient (Wildman–Crippen LogP) is 3.42. The molecule has 1 heterocycles. The van der Waals surface area contributed by atoms with E-state index in [1.54, 1.807) is 7.11 Å². The molecule has 0 spiro atoms. The Kier molecular flexibility index (Phi) is 4.41. The summed E-state index contributed by atoms with van der Waals surface area (Å²) in [5.41, 5.74) is 1.36. The molecule has 1 saturated heterocycles. The van der Waals surface area contributed by atoms with Crippen molar-refractivity contribution in [2.24, 2.45) is 0 Å². The van der Waals surface area contributed by atoms with Gasteiger partial charge < -0.3 is 15.0 Å². The Morgan fingerprint density at radius 2 is 2.21 bits per heavy atom. The van der Waals surface area contributed by atoms with Crippen molar-refractivity contribution in [1.82, 2.24) is 5.32 Å². The fraction of sp³-hybridized carbons (Fsp3) is 0.600. The second kappa shape index (κ2) is 5.71. The Hall–Kier alpha value is -0.740. The van der Waals surface area contributed by atoms with E-state index in [1.165, 1.54) is 5.69 Å². The van der Waals surface area contributed by atoms with Crippen molar-refractivity contribution >= 4 is 21.6 Å². The zero-order valence-electron chi connectivity index (χ0n) is 12.2. The summed E-state index contributed by atoms with van der Waals surface area (Å²) in [6, 6.07) is 6.70. The SMILES string of the molecule is CCC1CNC(C)(C)CN1c1cc(OC)ccc1Br. The molecule has 0 amide bonds. The van der Waals surface area contributed by atoms with Gasteiger partial charge in [-0.05, 0) is 48.3 Å². The Morgan fingerprint density at radius 1 is 1.47 bits per heavy atom. The lowest BCUT2D eigenvalue weighted by molar-refractivity contribution is 0.305. The van der Waals surface area contributed by atoms with E-state index >= 15 is 0 Å². The van der Waals surface area contributed by atoms with E-state index < -0.39 is 0 Å². The summed E-state index contributed by atoms with van der Waals surface area (Å²) in [5.74, 6) is 0.907. The number of rotatable bonds is 3. The number of piperazine rings is 1. The molecule has 1 fully saturated rings. The van der Waals surface area contributed by atoms with Gasteiger partial charge in [0.2, 0.25) is 0 Å². The van der Waals surface area contributed by atoms with Crippen LogP contribution in [0.1, 0.15) is 27.2 Å². The van der Waals surface area contributed by atoms with Crippen LogP contribution in [0.4, 0.5) is 5.69 Å². The van der Waals surface area contributed by atoms with Crippen molar-refractivity contribution in [2.45, 2.75) is 38.8 Å². The van der Waals surface area contributed by atoms with Gasteiger partial charge in [-0.2, -0.15) is 0 Å². The third-order valence-corrected chi connectivity index (χ3v) is 4.43. The number of benzene rings is 1. The van der Waals surface area contributed by atoms with Crippen molar-refractivity contribution in [2.75, 3.05) is 25.1 Å². The normalized spacial score (nSPS) is 22.4. The molecule has 3 nitrogen and oxygen atoms in total. The van der Waals surface area contributed by atoms with Gasteiger partial charge in [-0.15, -0.1) is 0 Å². The van der Waals surface area contributed by atoms with Crippen molar-refractivity contribution in [3.8, 4) is 5.75 Å². The zero-order valence-corrected chi connectivity index (χ0v) is 13.8. The van der Waals surface area contributed by atoms with Crippen LogP contribution in [-0.2, 0) is 0 Å². The second-order valence-electron chi connectivity index (χ2n) is 5.77. The van der Waals surface area contributed by atoms with E-state index in [0.717, 1.165) is 29.7 Å². The Labute approximate surface area is 124 Å². The number of hydrogen-bond donors (Lipinski definition) is 1. The molecule has 0 bridgehead atoms. The van der Waals surface area contributed by atoms with Crippen LogP contribution in [0, 0.1) is 0 Å². The first-order chi connectivity index (χ1) is 8.96. The average Bonchev–Trinajstić information content (AvgIpc) is 2.38. The van der Waals surface area contributed by atoms with E-state index in [2.05, 4.69) is 59.1 Å². The Morgan fingerprint density at radius 3 is 2.84 bits per heavy atom. The maximum atomic E-state index is 5.36. The first-order valence-electron chi connectivity index (χ1n) is 6.82. The molecule has 0 aliphatic carbocycles. The van der Waals surface area contributed by atoms with E-state index in [9.17, 15) is 0 Å². The lowest BCUT2D eigenvalue weighted by atomic mass is 9.97. The van der Waals surface area contributed by atoms with Crippen LogP contribution >= 0.6 is 15.9 Å². The number of anilines is 1. The van der Waals surface area contributed by atoms with Crippen molar-refractivity contribution in [3.63, 3.8) is 0 Å². The highest BCUT2D eigenvalue weighted by atomic mass is 79.9. The van der Waals surface area contributed by atoms with E-state index in [1.807, 2.05) is 6.07 Å². The number of ether oxygens (including phenoxy) is 1. The van der Waals surface area contributed by atoms with E-state index in [-0.39, 0.29) is 5.54 Å². The molecule has 1 aliphatic rings. The molecule has 0 radical (unpaired) electrons. The second-order valence-corrected chi connectivity index (χ2v) is 6.63. The summed E-state index contributed by atoms with van der Waals surface area (Å²) in [4.78, 5) is 2.49. The molecule has 1 N–H and O–H groups in total. The molecule has 1 aromatic carbocycles. The van der Waals surface area contributed by atoms with Gasteiger partial charge in [0.25, 0.3) is 0 Å². The van der Waals surface area contributed by atoms with Gasteiger partial charge >= 0.3 is 0 Å². The topological polar surface area (TPSA) is 24.5 Å². The van der Waals surface area contributed by atoms with Crippen LogP contribution < -0.4 is 15.0 Å². The van der Waals surface area contributed by atoms with Crippen molar-refractivity contribution in [1.29, 1.82) is 0 Å². The molecule has 19 heavy (non-hydrogen) atoms. The highest BCUT2D eigenvalue weighted by molar-refractivity contribution is 9.10. The van der Waals surface area contributed by atoms with Crippen LogP contribution in [0.3, 0.4) is 0 Å². The fourth-order valence-electron chi connectivity index (χ4n) is 2.60. The highest BCUT2D eigenvalue weighted by Crippen LogP contribution is 2.34. The summed E-state index contributed by atoms with van der Waals surface area (Å²) >= 11 is 3.67. The maximum Gasteiger partial charge on any atom is 0.121 e. The smallest absolute Gasteiger partial charge is 0.121 e. The molecule has 1 unspecified atom stereocenters. The Bertz CT molecular complexity index is 448. The van der Waals surface area contributed by atoms with Crippen molar-refractivity contribution in [3.05, 3.63) is 22.7 Å². The lowest BCUT2D eigenvalue weighted by Crippen LogP contribution is -2.61. The quantitative estimate of drug-likeness (QED) is 0.921. The summed E-state index contributed by atoms with van der Waals surface area (Å²) in [7, 11) is 1.71. The minimum atomic E-state index is 0.133. The summed E-state index contributed by atoms with van der Waals surface area (Å²) < 4.78 is 6.49. The van der Waals surface area contributed by atoms with Gasteiger partial charge in [-0.3, -0.25) is 0 Å². The van der Waals surface area contributed by atoms with Gasteiger partial charge in [0.1, 0.15) is 5.75 Å². The van der Waals surface area contributed by atoms with Crippen LogP contribution in [0.15, 0.2) is 22.7 Å². The molecule has 4 heteroatoms. The van der Waals surface area contributed by atoms with Crippen molar-refractivity contribution < 1.29 is 4.74 Å². The largest absolute Gasteiger partial charge is 0.497 e. The minimum absolute atomic E-state index is 0.133. The Balaban J connectivity index is 2.36. The number of nitrogens with zero attached hydrogens (tertiary/aromatic N) is 1. The van der Waals surface area contributed by atoms with Gasteiger partial charge in [0.05, 0.1) is 12.8 Å². The van der Waals surface area contributed by atoms with Gasteiger partial charge in [-0.25, -0.2) is 0 Å². The van der Waals surface area contributed by atoms with Gasteiger partial charge in [0, 0.05) is 35.2 Å². The monoisotopic (exact) mass is 326 g/mol. The molecule has 0 aromatic heterocycles. The number of nitrogens with one attached hydrogen (secondary N) is 1. The third kappa shape index (κ3) is 3.23. The average molecular weight is 327 g/mol. The summed E-state index contributed by atoms with van der Waals surface area (Å²) in [5, 5.41) is 3.62. The van der Waals surface area contributed by atoms with E-state index in [4.69, 9.17) is 4.74 Å². The number of halogens is 1. The maximum absolute atomic E-state index is 5.36. The van der Waals surface area contributed by atoms with Gasteiger partial charge in [0.15, 0.2) is 0 Å². The predicted molar refractivity (Wildman–Crippen MR) is 84.2 cm³/mol. The number of methoxy groups -OCH3 is 1. The molecule has 0 saturated carbocycles. The van der Waals surface area contributed by atoms with Crippen LogP contribution in [0.2, 0.25) is 0 Å². The number of hydrogen-bond acceptors (Lipinski definition) is 3. The molecule has 1 atom stereocenters. The molecular weight excluding hydrogens is 304 g/mol. The highest BCUT2D eigenvalue weighted by Gasteiger charge is 2.32. The minimum Gasteiger partial charge on any atom is -0.497 e. The molecule has 1 aliphatic heterocycles. The molecule has 106 valence electrons. The zero-order chi connectivity index (χ0) is 14.0. The van der Waals surface area contributed by atoms with Crippen LogP contribution in [0.25, 0.3) is 0 Å². The van der Waals surface area contributed by atoms with Crippen LogP contribution in [-0.4, -0.2) is 31.8 Å². The fourth-order valence-corrected chi connectivity index (χ4v) is 3.08. The first kappa shape index (κ1) is 14.7. The third-order valence-electron chi connectivity index (χ3n) is 3.76. The summed E-state index contributed by atoms with van der Waals surface area (Å²) in [6.07, 6.45) is 1.13.